The lowest BCUT2D eigenvalue weighted by Gasteiger charge is -2.29. The van der Waals surface area contributed by atoms with Gasteiger partial charge in [-0.15, -0.1) is 0 Å². The second kappa shape index (κ2) is 7.58. The predicted molar refractivity (Wildman–Crippen MR) is 152 cm³/mol. The van der Waals surface area contributed by atoms with E-state index in [1.54, 1.807) is 0 Å². The number of benzene rings is 7. The van der Waals surface area contributed by atoms with Gasteiger partial charge in [0.1, 0.15) is 0 Å². The molecule has 0 amide bonds. The normalized spacial score (nSPS) is 11.7. The average molecular weight is 448 g/mol. The highest BCUT2D eigenvalue weighted by Crippen LogP contribution is 2.48. The first-order valence-corrected chi connectivity index (χ1v) is 12.2. The fourth-order valence-electron chi connectivity index (χ4n) is 5.85. The van der Waals surface area contributed by atoms with Crippen LogP contribution in [0.15, 0.2) is 115 Å². The maximum atomic E-state index is 2.41. The summed E-state index contributed by atoms with van der Waals surface area (Å²) in [5.74, 6) is 0. The minimum absolute atomic E-state index is 1.16. The molecule has 0 fully saturated rings. The van der Waals surface area contributed by atoms with E-state index in [0.717, 1.165) is 11.4 Å². The smallest absolute Gasteiger partial charge is 0.0549 e. The Labute approximate surface area is 205 Å². The zero-order valence-corrected chi connectivity index (χ0v) is 19.9. The van der Waals surface area contributed by atoms with Crippen molar-refractivity contribution in [3.8, 4) is 0 Å². The Hall–Kier alpha value is -4.36. The number of anilines is 3. The van der Waals surface area contributed by atoms with E-state index >= 15 is 0 Å². The molecule has 0 spiro atoms. The highest BCUT2D eigenvalue weighted by molar-refractivity contribution is 6.37. The van der Waals surface area contributed by atoms with Crippen molar-refractivity contribution < 1.29 is 0 Å². The van der Waals surface area contributed by atoms with Gasteiger partial charge in [-0.2, -0.15) is 0 Å². The van der Waals surface area contributed by atoms with Crippen molar-refractivity contribution in [2.24, 2.45) is 0 Å². The van der Waals surface area contributed by atoms with Gasteiger partial charge in [-0.05, 0) is 87.6 Å². The number of hydrogen-bond donors (Lipinski definition) is 0. The topological polar surface area (TPSA) is 3.24 Å². The third-order valence-electron chi connectivity index (χ3n) is 7.44. The summed E-state index contributed by atoms with van der Waals surface area (Å²) in [5, 5.41) is 10.7. The summed E-state index contributed by atoms with van der Waals surface area (Å²) in [4.78, 5) is 2.41. The van der Waals surface area contributed by atoms with Gasteiger partial charge >= 0.3 is 0 Å². The van der Waals surface area contributed by atoms with Crippen LogP contribution in [0.25, 0.3) is 43.1 Å². The Bertz CT molecular complexity index is 1810. The van der Waals surface area contributed by atoms with Crippen molar-refractivity contribution in [1.82, 2.24) is 0 Å². The molecule has 0 heterocycles. The lowest BCUT2D eigenvalue weighted by molar-refractivity contribution is 1.29. The minimum Gasteiger partial charge on any atom is -0.310 e. The van der Waals surface area contributed by atoms with E-state index in [1.807, 2.05) is 0 Å². The second-order valence-electron chi connectivity index (χ2n) is 9.48. The lowest BCUT2D eigenvalue weighted by Crippen LogP contribution is -2.11. The standard InChI is InChI=1S/C34H25N/c1-22-17-18-30-28-15-9-10-16-29(28)33-31(21-23(2)27-20-19-26(22)32(30)34(27)33)35(24-11-5-3-6-12-24)25-13-7-4-8-14-25/h3-21H,1-2H3. The number of hydrogen-bond acceptors (Lipinski definition) is 1. The van der Waals surface area contributed by atoms with Crippen LogP contribution in [0.1, 0.15) is 11.1 Å². The highest BCUT2D eigenvalue weighted by atomic mass is 15.1. The summed E-state index contributed by atoms with van der Waals surface area (Å²) < 4.78 is 0. The predicted octanol–water partition coefficient (Wildman–Crippen LogP) is 9.82. The summed E-state index contributed by atoms with van der Waals surface area (Å²) in [5.41, 5.74) is 6.16. The minimum atomic E-state index is 1.16. The third kappa shape index (κ3) is 2.88. The molecule has 0 atom stereocenters. The van der Waals surface area contributed by atoms with E-state index in [-0.39, 0.29) is 0 Å². The highest BCUT2D eigenvalue weighted by Gasteiger charge is 2.22. The third-order valence-corrected chi connectivity index (χ3v) is 7.44. The van der Waals surface area contributed by atoms with Gasteiger partial charge in [0.15, 0.2) is 0 Å². The van der Waals surface area contributed by atoms with E-state index in [2.05, 4.69) is 134 Å². The zero-order valence-electron chi connectivity index (χ0n) is 19.9. The van der Waals surface area contributed by atoms with Crippen molar-refractivity contribution in [3.05, 3.63) is 126 Å². The van der Waals surface area contributed by atoms with Crippen molar-refractivity contribution >= 4 is 60.2 Å². The summed E-state index contributed by atoms with van der Waals surface area (Å²) in [6.07, 6.45) is 0. The molecule has 7 aromatic carbocycles. The molecule has 0 bridgehead atoms. The fourth-order valence-corrected chi connectivity index (χ4v) is 5.85. The monoisotopic (exact) mass is 447 g/mol. The molecule has 0 aliphatic heterocycles. The molecule has 0 aliphatic rings. The molecular formula is C34H25N. The summed E-state index contributed by atoms with van der Waals surface area (Å²) in [6.45, 7) is 4.47. The molecular weight excluding hydrogens is 422 g/mol. The van der Waals surface area contributed by atoms with Crippen molar-refractivity contribution in [3.63, 3.8) is 0 Å². The zero-order chi connectivity index (χ0) is 23.5. The second-order valence-corrected chi connectivity index (χ2v) is 9.48. The first-order chi connectivity index (χ1) is 17.2. The molecule has 0 unspecified atom stereocenters. The van der Waals surface area contributed by atoms with Crippen LogP contribution in [0.3, 0.4) is 0 Å². The van der Waals surface area contributed by atoms with Gasteiger partial charge in [-0.25, -0.2) is 0 Å². The number of aryl methyl sites for hydroxylation is 2. The molecule has 0 radical (unpaired) electrons. The van der Waals surface area contributed by atoms with Crippen LogP contribution in [0.4, 0.5) is 17.1 Å². The van der Waals surface area contributed by atoms with Crippen molar-refractivity contribution in [1.29, 1.82) is 0 Å². The Kier molecular flexibility index (Phi) is 4.34. The molecule has 0 aromatic heterocycles. The van der Waals surface area contributed by atoms with E-state index in [4.69, 9.17) is 0 Å². The van der Waals surface area contributed by atoms with Gasteiger partial charge in [-0.1, -0.05) is 84.9 Å². The summed E-state index contributed by atoms with van der Waals surface area (Å²) in [6, 6.07) is 41.9. The molecule has 0 N–H and O–H groups in total. The SMILES string of the molecule is Cc1ccc2c3ccccc3c3c(N(c4ccccc4)c4ccccc4)cc(C)c4ccc1c2c43. The van der Waals surface area contributed by atoms with E-state index in [9.17, 15) is 0 Å². The van der Waals surface area contributed by atoms with Crippen molar-refractivity contribution in [2.75, 3.05) is 4.90 Å². The van der Waals surface area contributed by atoms with E-state index in [0.29, 0.717) is 0 Å². The number of para-hydroxylation sites is 2. The largest absolute Gasteiger partial charge is 0.310 e. The Morgan fingerprint density at radius 1 is 0.400 bits per heavy atom. The molecule has 7 rings (SSSR count). The maximum absolute atomic E-state index is 2.41. The van der Waals surface area contributed by atoms with Crippen molar-refractivity contribution in [2.45, 2.75) is 13.8 Å². The van der Waals surface area contributed by atoms with Gasteiger partial charge in [-0.3, -0.25) is 0 Å². The number of fused-ring (bicyclic) bond motifs is 3. The number of rotatable bonds is 3. The molecule has 0 saturated carbocycles. The summed E-state index contributed by atoms with van der Waals surface area (Å²) >= 11 is 0. The van der Waals surface area contributed by atoms with E-state index < -0.39 is 0 Å². The average Bonchev–Trinajstić information content (AvgIpc) is 2.91. The molecule has 166 valence electrons. The van der Waals surface area contributed by atoms with Crippen LogP contribution in [0.5, 0.6) is 0 Å². The van der Waals surface area contributed by atoms with Gasteiger partial charge < -0.3 is 4.90 Å². The summed E-state index contributed by atoms with van der Waals surface area (Å²) in [7, 11) is 0. The number of nitrogens with zero attached hydrogens (tertiary/aromatic N) is 1. The maximum Gasteiger partial charge on any atom is 0.0549 e. The van der Waals surface area contributed by atoms with Crippen LogP contribution in [0.2, 0.25) is 0 Å². The van der Waals surface area contributed by atoms with Gasteiger partial charge in [0.2, 0.25) is 0 Å². The molecule has 35 heavy (non-hydrogen) atoms. The van der Waals surface area contributed by atoms with Crippen LogP contribution < -0.4 is 4.90 Å². The van der Waals surface area contributed by atoms with Crippen LogP contribution >= 0.6 is 0 Å². The molecule has 7 aromatic rings. The van der Waals surface area contributed by atoms with Gasteiger partial charge in [0.05, 0.1) is 5.69 Å². The Morgan fingerprint density at radius 2 is 0.914 bits per heavy atom. The Morgan fingerprint density at radius 3 is 1.57 bits per heavy atom. The quantitative estimate of drug-likeness (QED) is 0.192. The van der Waals surface area contributed by atoms with E-state index in [1.165, 1.54) is 59.9 Å². The first kappa shape index (κ1) is 20.1. The van der Waals surface area contributed by atoms with Gasteiger partial charge in [0, 0.05) is 22.1 Å². The Balaban J connectivity index is 1.75. The molecule has 0 aliphatic carbocycles. The fraction of sp³-hybridized carbons (Fsp3) is 0.0588. The molecule has 1 heteroatoms. The van der Waals surface area contributed by atoms with Crippen LogP contribution in [-0.4, -0.2) is 0 Å². The van der Waals surface area contributed by atoms with Crippen LogP contribution in [0, 0.1) is 13.8 Å². The van der Waals surface area contributed by atoms with Crippen LogP contribution in [-0.2, 0) is 0 Å². The molecule has 0 saturated heterocycles. The molecule has 1 nitrogen and oxygen atoms in total. The lowest BCUT2D eigenvalue weighted by atomic mass is 9.85. The van der Waals surface area contributed by atoms with Gasteiger partial charge in [0.25, 0.3) is 0 Å². The first-order valence-electron chi connectivity index (χ1n) is 12.2.